The Kier molecular flexibility index (Phi) is 4.94. The molecule has 3 heteroatoms. The Morgan fingerprint density at radius 2 is 2.14 bits per heavy atom. The summed E-state index contributed by atoms with van der Waals surface area (Å²) in [6.45, 7) is 5.07. The predicted octanol–water partition coefficient (Wildman–Crippen LogP) is 1.41. The summed E-state index contributed by atoms with van der Waals surface area (Å²) in [6, 6.07) is 0. The molecule has 0 aromatic heterocycles. The van der Waals surface area contributed by atoms with Gasteiger partial charge in [0.1, 0.15) is 6.61 Å². The van der Waals surface area contributed by atoms with Gasteiger partial charge in [-0.25, -0.2) is 0 Å². The van der Waals surface area contributed by atoms with Crippen molar-refractivity contribution in [1.29, 1.82) is 0 Å². The van der Waals surface area contributed by atoms with Crippen molar-refractivity contribution in [3.05, 3.63) is 0 Å². The molecule has 0 unspecified atom stereocenters. The van der Waals surface area contributed by atoms with E-state index in [0.29, 0.717) is 13.2 Å². The van der Waals surface area contributed by atoms with Crippen molar-refractivity contribution in [1.82, 2.24) is 0 Å². The van der Waals surface area contributed by atoms with Crippen LogP contribution in [-0.2, 0) is 4.84 Å². The first kappa shape index (κ1) is 6.40. The molecule has 0 aliphatic carbocycles. The van der Waals surface area contributed by atoms with Gasteiger partial charge in [-0.05, 0) is 13.8 Å². The minimum atomic E-state index is 0.601. The van der Waals surface area contributed by atoms with Crippen LogP contribution in [0.5, 0.6) is 0 Å². The first-order valence-electron chi connectivity index (χ1n) is 2.40. The minimum Gasteiger partial charge on any atom is -0.380 e. The van der Waals surface area contributed by atoms with E-state index < -0.39 is 0 Å². The lowest BCUT2D eigenvalue weighted by atomic mass is 10.8. The van der Waals surface area contributed by atoms with E-state index in [4.69, 9.17) is 0 Å². The summed E-state index contributed by atoms with van der Waals surface area (Å²) in [6.07, 6.45) is 0. The van der Waals surface area contributed by atoms with Gasteiger partial charge in [0.05, 0.1) is 6.54 Å². The van der Waals surface area contributed by atoms with Crippen molar-refractivity contribution >= 4 is 0 Å². The van der Waals surface area contributed by atoms with E-state index in [1.54, 1.807) is 0 Å². The molecular formula is C4H10N2O. The lowest BCUT2D eigenvalue weighted by Gasteiger charge is -1.84. The maximum atomic E-state index is 4.53. The highest BCUT2D eigenvalue weighted by molar-refractivity contribution is 4.15. The predicted molar refractivity (Wildman–Crippen MR) is 27.0 cm³/mol. The van der Waals surface area contributed by atoms with Crippen LogP contribution in [0.1, 0.15) is 13.8 Å². The fraction of sp³-hybridized carbons (Fsp3) is 1.00. The van der Waals surface area contributed by atoms with Gasteiger partial charge in [-0.3, -0.25) is 0 Å². The Bertz CT molecular complexity index is 53.7. The zero-order valence-electron chi connectivity index (χ0n) is 4.72. The van der Waals surface area contributed by atoms with Gasteiger partial charge in [0.15, 0.2) is 0 Å². The minimum absolute atomic E-state index is 0.601. The maximum Gasteiger partial charge on any atom is 0.116 e. The van der Waals surface area contributed by atoms with Gasteiger partial charge in [0.25, 0.3) is 0 Å². The third-order valence-corrected chi connectivity index (χ3v) is 0.386. The van der Waals surface area contributed by atoms with Crippen molar-refractivity contribution in [3.8, 4) is 0 Å². The molecule has 0 fully saturated rings. The van der Waals surface area contributed by atoms with E-state index >= 15 is 0 Å². The number of nitrogens with zero attached hydrogens (tertiary/aromatic N) is 2. The van der Waals surface area contributed by atoms with E-state index in [1.807, 2.05) is 13.8 Å². The molecule has 0 spiro atoms. The third kappa shape index (κ3) is 5.40. The highest BCUT2D eigenvalue weighted by Crippen LogP contribution is 1.75. The number of hydrogen-bond acceptors (Lipinski definition) is 3. The summed E-state index contributed by atoms with van der Waals surface area (Å²) in [4.78, 5) is 4.53. The summed E-state index contributed by atoms with van der Waals surface area (Å²) < 4.78 is 0. The number of hydrogen-bond donors (Lipinski definition) is 0. The van der Waals surface area contributed by atoms with E-state index in [9.17, 15) is 0 Å². The monoisotopic (exact) mass is 102 g/mol. The molecule has 0 atom stereocenters. The lowest BCUT2D eigenvalue weighted by molar-refractivity contribution is 0.135. The molecule has 0 N–H and O–H groups in total. The molecule has 0 radical (unpaired) electrons. The Labute approximate surface area is 43.3 Å². The molecule has 0 rings (SSSR count). The molecule has 0 heterocycles. The standard InChI is InChI=1S/C4H10N2O/c1-3-5-6-7-4-2/h3-4H2,1-2H3. The molecule has 0 aromatic carbocycles. The van der Waals surface area contributed by atoms with Gasteiger partial charge in [-0.2, -0.15) is 5.11 Å². The van der Waals surface area contributed by atoms with Gasteiger partial charge in [0, 0.05) is 5.28 Å². The first-order valence-corrected chi connectivity index (χ1v) is 2.40. The first-order chi connectivity index (χ1) is 3.41. The van der Waals surface area contributed by atoms with Gasteiger partial charge in [-0.15, -0.1) is 0 Å². The van der Waals surface area contributed by atoms with Crippen LogP contribution in [0.15, 0.2) is 10.4 Å². The van der Waals surface area contributed by atoms with Crippen LogP contribution in [0, 0.1) is 0 Å². The molecule has 0 aromatic rings. The quantitative estimate of drug-likeness (QED) is 0.392. The molecular weight excluding hydrogens is 92.1 g/mol. The third-order valence-electron chi connectivity index (χ3n) is 0.386. The second-order valence-corrected chi connectivity index (χ2v) is 0.957. The Balaban J connectivity index is 2.78. The Hall–Kier alpha value is -0.600. The summed E-state index contributed by atoms with van der Waals surface area (Å²) in [7, 11) is 0. The van der Waals surface area contributed by atoms with Crippen molar-refractivity contribution in [2.24, 2.45) is 10.4 Å². The van der Waals surface area contributed by atoms with Gasteiger partial charge < -0.3 is 4.84 Å². The Morgan fingerprint density at radius 3 is 2.57 bits per heavy atom. The molecule has 0 saturated carbocycles. The van der Waals surface area contributed by atoms with Gasteiger partial charge in [-0.1, -0.05) is 0 Å². The molecule has 0 saturated heterocycles. The summed E-state index contributed by atoms with van der Waals surface area (Å²) in [5, 5.41) is 6.90. The summed E-state index contributed by atoms with van der Waals surface area (Å²) in [5.41, 5.74) is 0. The fourth-order valence-electron chi connectivity index (χ4n) is 0.156. The molecule has 3 nitrogen and oxygen atoms in total. The SMILES string of the molecule is CCN=NOCC. The van der Waals surface area contributed by atoms with Gasteiger partial charge >= 0.3 is 0 Å². The van der Waals surface area contributed by atoms with Crippen molar-refractivity contribution < 1.29 is 4.84 Å². The normalized spacial score (nSPS) is 10.0. The van der Waals surface area contributed by atoms with Crippen LogP contribution in [0.25, 0.3) is 0 Å². The van der Waals surface area contributed by atoms with E-state index in [1.165, 1.54) is 0 Å². The van der Waals surface area contributed by atoms with E-state index in [-0.39, 0.29) is 0 Å². The zero-order chi connectivity index (χ0) is 5.54. The molecule has 0 bridgehead atoms. The molecule has 7 heavy (non-hydrogen) atoms. The zero-order valence-corrected chi connectivity index (χ0v) is 4.72. The Morgan fingerprint density at radius 1 is 1.43 bits per heavy atom. The fourth-order valence-corrected chi connectivity index (χ4v) is 0.156. The smallest absolute Gasteiger partial charge is 0.116 e. The van der Waals surface area contributed by atoms with Crippen LogP contribution in [0.3, 0.4) is 0 Å². The van der Waals surface area contributed by atoms with Crippen LogP contribution in [0.4, 0.5) is 0 Å². The van der Waals surface area contributed by atoms with Crippen molar-refractivity contribution in [3.63, 3.8) is 0 Å². The van der Waals surface area contributed by atoms with Crippen LogP contribution in [0.2, 0.25) is 0 Å². The average Bonchev–Trinajstić information content (AvgIpc) is 1.69. The van der Waals surface area contributed by atoms with Crippen molar-refractivity contribution in [2.75, 3.05) is 13.2 Å². The molecule has 0 aliphatic rings. The van der Waals surface area contributed by atoms with Crippen LogP contribution < -0.4 is 0 Å². The average molecular weight is 102 g/mol. The van der Waals surface area contributed by atoms with Crippen LogP contribution >= 0.6 is 0 Å². The second-order valence-electron chi connectivity index (χ2n) is 0.957. The summed E-state index contributed by atoms with van der Waals surface area (Å²) >= 11 is 0. The molecule has 42 valence electrons. The second kappa shape index (κ2) is 5.40. The topological polar surface area (TPSA) is 34.0 Å². The highest BCUT2D eigenvalue weighted by Gasteiger charge is 1.66. The molecule has 0 aliphatic heterocycles. The molecule has 0 amide bonds. The largest absolute Gasteiger partial charge is 0.380 e. The van der Waals surface area contributed by atoms with E-state index in [0.717, 1.165) is 0 Å². The van der Waals surface area contributed by atoms with Crippen LogP contribution in [-0.4, -0.2) is 13.2 Å². The van der Waals surface area contributed by atoms with E-state index in [2.05, 4.69) is 15.2 Å². The number of rotatable bonds is 3. The summed E-state index contributed by atoms with van der Waals surface area (Å²) in [5.74, 6) is 0. The van der Waals surface area contributed by atoms with Crippen molar-refractivity contribution in [2.45, 2.75) is 13.8 Å². The lowest BCUT2D eigenvalue weighted by Crippen LogP contribution is -1.75. The maximum absolute atomic E-state index is 4.53. The highest BCUT2D eigenvalue weighted by atomic mass is 16.6. The van der Waals surface area contributed by atoms with Gasteiger partial charge in [0.2, 0.25) is 0 Å².